The van der Waals surface area contributed by atoms with E-state index in [1.54, 1.807) is 0 Å². The summed E-state index contributed by atoms with van der Waals surface area (Å²) in [5, 5.41) is 1.47. The molecule has 0 rings (SSSR count). The van der Waals surface area contributed by atoms with Gasteiger partial charge in [-0.3, -0.25) is 0 Å². The van der Waals surface area contributed by atoms with Crippen molar-refractivity contribution in [3.05, 3.63) is 0 Å². The van der Waals surface area contributed by atoms with Crippen molar-refractivity contribution >= 4 is 16.0 Å². The van der Waals surface area contributed by atoms with E-state index < -0.39 is 0 Å². The molecule has 1 nitrogen and oxygen atoms in total. The average Bonchev–Trinajstić information content (AvgIpc) is 2.01. The van der Waals surface area contributed by atoms with Crippen molar-refractivity contribution in [1.82, 2.24) is 3.82 Å². The minimum absolute atomic E-state index is 0.255. The van der Waals surface area contributed by atoms with Crippen LogP contribution in [-0.2, 0) is 0 Å². The first-order valence-corrected chi connectivity index (χ1v) is 7.18. The zero-order valence-corrected chi connectivity index (χ0v) is 10.3. The average molecular weight is 219 g/mol. The zero-order chi connectivity index (χ0) is 8.53. The number of hydrogen-bond acceptors (Lipinski definition) is 1. The summed E-state index contributed by atoms with van der Waals surface area (Å²) in [5.74, 6) is 0. The summed E-state index contributed by atoms with van der Waals surface area (Å²) < 4.78 is 2.57. The fourth-order valence-corrected chi connectivity index (χ4v) is 2.91. The van der Waals surface area contributed by atoms with E-state index >= 15 is 0 Å². The molecule has 0 aliphatic heterocycles. The molecular weight excluding hydrogens is 197 g/mol. The molecule has 0 amide bonds. The van der Waals surface area contributed by atoms with Crippen LogP contribution < -0.4 is 0 Å². The molecule has 0 aromatic rings. The molecule has 0 aliphatic carbocycles. The second kappa shape index (κ2) is 8.61. The summed E-state index contributed by atoms with van der Waals surface area (Å²) in [4.78, 5) is 0. The molecule has 0 aromatic heterocycles. The van der Waals surface area contributed by atoms with Gasteiger partial charge in [-0.25, -0.2) is 0 Å². The van der Waals surface area contributed by atoms with Crippen LogP contribution in [0.1, 0.15) is 39.5 Å². The van der Waals surface area contributed by atoms with Crippen LogP contribution in [0.2, 0.25) is 5.21 Å². The van der Waals surface area contributed by atoms with Crippen molar-refractivity contribution in [1.29, 1.82) is 0 Å². The van der Waals surface area contributed by atoms with Gasteiger partial charge in [-0.05, 0) is 0 Å². The van der Waals surface area contributed by atoms with Gasteiger partial charge in [0.1, 0.15) is 0 Å². The van der Waals surface area contributed by atoms with Gasteiger partial charge in [0.25, 0.3) is 0 Å². The van der Waals surface area contributed by atoms with Crippen LogP contribution >= 0.6 is 0 Å². The molecule has 0 N–H and O–H groups in total. The first-order chi connectivity index (χ1) is 5.31. The molecule has 0 heterocycles. The molecule has 0 bridgehead atoms. The predicted molar refractivity (Wildman–Crippen MR) is 54.4 cm³/mol. The topological polar surface area (TPSA) is 3.24 Å². The van der Waals surface area contributed by atoms with Gasteiger partial charge in [-0.15, -0.1) is 0 Å². The maximum absolute atomic E-state index is 2.57. The number of hydrogen-bond donors (Lipinski definition) is 0. The summed E-state index contributed by atoms with van der Waals surface area (Å²) >= 11 is 0.255. The minimum atomic E-state index is 0.255. The number of nitrogens with zero attached hydrogens (tertiary/aromatic N) is 1. The van der Waals surface area contributed by atoms with E-state index in [-0.39, 0.29) is 16.0 Å². The van der Waals surface area contributed by atoms with E-state index in [1.807, 2.05) is 0 Å². The van der Waals surface area contributed by atoms with Crippen LogP contribution in [0.4, 0.5) is 0 Å². The summed E-state index contributed by atoms with van der Waals surface area (Å²) in [6, 6.07) is 0. The Balaban J connectivity index is 3.02. The van der Waals surface area contributed by atoms with E-state index in [0.717, 1.165) is 0 Å². The Bertz CT molecular complexity index is 76.0. The van der Waals surface area contributed by atoms with Gasteiger partial charge in [-0.1, -0.05) is 0 Å². The first-order valence-electron chi connectivity index (χ1n) is 4.75. The third-order valence-electron chi connectivity index (χ3n) is 1.73. The Labute approximate surface area is 78.5 Å². The molecule has 1 unspecified atom stereocenters. The normalized spacial score (nSPS) is 12.0. The van der Waals surface area contributed by atoms with Gasteiger partial charge in [0.2, 0.25) is 0 Å². The molecular formula is C9H22AsN. The van der Waals surface area contributed by atoms with Gasteiger partial charge < -0.3 is 0 Å². The van der Waals surface area contributed by atoms with Crippen molar-refractivity contribution < 1.29 is 0 Å². The molecule has 0 aromatic carbocycles. The predicted octanol–water partition coefficient (Wildman–Crippen LogP) is 2.29. The van der Waals surface area contributed by atoms with Crippen molar-refractivity contribution in [2.45, 2.75) is 44.7 Å². The van der Waals surface area contributed by atoms with Crippen LogP contribution in [0.5, 0.6) is 0 Å². The molecule has 0 fully saturated rings. The van der Waals surface area contributed by atoms with E-state index in [1.165, 1.54) is 37.4 Å². The third-order valence-corrected chi connectivity index (χ3v) is 4.85. The fourth-order valence-electron chi connectivity index (χ4n) is 0.981. The first kappa shape index (κ1) is 11.5. The van der Waals surface area contributed by atoms with Crippen LogP contribution in [-0.4, -0.2) is 33.4 Å². The molecule has 0 aliphatic rings. The summed E-state index contributed by atoms with van der Waals surface area (Å²) in [7, 11) is 2.28. The van der Waals surface area contributed by atoms with Crippen LogP contribution in [0.3, 0.4) is 0 Å². The van der Waals surface area contributed by atoms with Crippen molar-refractivity contribution in [2.24, 2.45) is 0 Å². The Hall–Kier alpha value is 0.518. The molecule has 0 radical (unpaired) electrons. The second-order valence-corrected chi connectivity index (χ2v) is 6.35. The Morgan fingerprint density at radius 1 is 1.09 bits per heavy atom. The SMILES string of the molecule is CCCCCN(C)[AsH]CCC. The molecule has 1 atom stereocenters. The summed E-state index contributed by atoms with van der Waals surface area (Å²) in [6.45, 7) is 5.89. The fraction of sp³-hybridized carbons (Fsp3) is 1.00. The maximum atomic E-state index is 2.57. The van der Waals surface area contributed by atoms with E-state index in [4.69, 9.17) is 0 Å². The van der Waals surface area contributed by atoms with Crippen molar-refractivity contribution in [3.8, 4) is 0 Å². The van der Waals surface area contributed by atoms with Gasteiger partial charge in [0.05, 0.1) is 0 Å². The quantitative estimate of drug-likeness (QED) is 0.469. The van der Waals surface area contributed by atoms with Crippen LogP contribution in [0.15, 0.2) is 0 Å². The van der Waals surface area contributed by atoms with E-state index in [9.17, 15) is 0 Å². The molecule has 0 spiro atoms. The van der Waals surface area contributed by atoms with Crippen LogP contribution in [0, 0.1) is 0 Å². The Kier molecular flexibility index (Phi) is 9.02. The molecule has 2 heteroatoms. The van der Waals surface area contributed by atoms with Crippen LogP contribution in [0.25, 0.3) is 0 Å². The third kappa shape index (κ3) is 8.42. The van der Waals surface area contributed by atoms with Gasteiger partial charge in [0, 0.05) is 0 Å². The Morgan fingerprint density at radius 2 is 1.82 bits per heavy atom. The molecule has 11 heavy (non-hydrogen) atoms. The molecule has 68 valence electrons. The summed E-state index contributed by atoms with van der Waals surface area (Å²) in [6.07, 6.45) is 5.53. The second-order valence-electron chi connectivity index (χ2n) is 3.04. The van der Waals surface area contributed by atoms with E-state index in [0.29, 0.717) is 0 Å². The summed E-state index contributed by atoms with van der Waals surface area (Å²) in [5.41, 5.74) is 0. The van der Waals surface area contributed by atoms with Crippen molar-refractivity contribution in [3.63, 3.8) is 0 Å². The zero-order valence-electron chi connectivity index (χ0n) is 8.19. The Morgan fingerprint density at radius 3 is 2.36 bits per heavy atom. The van der Waals surface area contributed by atoms with Gasteiger partial charge >= 0.3 is 78.1 Å². The molecule has 0 saturated carbocycles. The molecule has 0 saturated heterocycles. The van der Waals surface area contributed by atoms with Gasteiger partial charge in [0.15, 0.2) is 0 Å². The van der Waals surface area contributed by atoms with Gasteiger partial charge in [-0.2, -0.15) is 0 Å². The number of unbranched alkanes of at least 4 members (excludes halogenated alkanes) is 2. The monoisotopic (exact) mass is 219 g/mol. The van der Waals surface area contributed by atoms with E-state index in [2.05, 4.69) is 24.7 Å². The number of rotatable bonds is 7. The van der Waals surface area contributed by atoms with Crippen molar-refractivity contribution in [2.75, 3.05) is 13.6 Å². The standard InChI is InChI=1S/C9H22AsN/c1-4-6-7-9-11(3)10-8-5-2/h10H,4-9H2,1-3H3.